The Bertz CT molecular complexity index is 914. The van der Waals surface area contributed by atoms with Gasteiger partial charge in [0.25, 0.3) is 0 Å². The normalized spacial score (nSPS) is 14.4. The van der Waals surface area contributed by atoms with E-state index >= 15 is 0 Å². The van der Waals surface area contributed by atoms with Gasteiger partial charge in [0.05, 0.1) is 12.4 Å². The van der Waals surface area contributed by atoms with Crippen molar-refractivity contribution in [3.63, 3.8) is 0 Å². The van der Waals surface area contributed by atoms with Crippen LogP contribution in [0.15, 0.2) is 17.5 Å². The number of carbonyl (C=O) groups excluding carboxylic acids is 3. The number of carbonyl (C=O) groups is 4. The molecule has 11 N–H and O–H groups in total. The second-order valence-corrected chi connectivity index (χ2v) is 9.65. The van der Waals surface area contributed by atoms with E-state index in [-0.39, 0.29) is 43.6 Å². The Morgan fingerprint density at radius 3 is 2.11 bits per heavy atom. The standard InChI is InChI=1S/C23H41N9O5/c1-12(2)8-16(20(34)32-17(22(36)37)9-14-10-27-11-29-14)31-19(33)15(6-5-7-28-23(25)26)30-21(35)18(24)13(3)4/h10-13,15-18H,5-9,24H2,1-4H3,(H,27,29)(H,30,35)(H,31,33)(H,32,34)(H,36,37)(H4,25,26,28). The molecule has 37 heavy (non-hydrogen) atoms. The van der Waals surface area contributed by atoms with Crippen LogP contribution in [-0.4, -0.2) is 75.4 Å². The molecule has 0 saturated heterocycles. The molecule has 1 heterocycles. The number of aromatic nitrogens is 2. The molecule has 14 heteroatoms. The van der Waals surface area contributed by atoms with E-state index in [1.54, 1.807) is 13.8 Å². The Labute approximate surface area is 216 Å². The Morgan fingerprint density at radius 2 is 1.59 bits per heavy atom. The van der Waals surface area contributed by atoms with E-state index in [1.165, 1.54) is 12.5 Å². The van der Waals surface area contributed by atoms with Gasteiger partial charge in [-0.3, -0.25) is 19.4 Å². The summed E-state index contributed by atoms with van der Waals surface area (Å²) < 4.78 is 0. The number of carboxylic acids is 1. The number of hydrogen-bond acceptors (Lipinski definition) is 7. The van der Waals surface area contributed by atoms with Crippen LogP contribution in [0.5, 0.6) is 0 Å². The molecule has 0 aliphatic heterocycles. The molecule has 0 spiro atoms. The Balaban J connectivity index is 3.02. The lowest BCUT2D eigenvalue weighted by Crippen LogP contribution is -2.58. The lowest BCUT2D eigenvalue weighted by Gasteiger charge is -2.26. The second-order valence-electron chi connectivity index (χ2n) is 9.65. The number of aliphatic carboxylic acids is 1. The van der Waals surface area contributed by atoms with Crippen molar-refractivity contribution in [2.75, 3.05) is 6.54 Å². The first-order valence-electron chi connectivity index (χ1n) is 12.2. The molecule has 0 bridgehead atoms. The first-order valence-corrected chi connectivity index (χ1v) is 12.2. The fraction of sp³-hybridized carbons (Fsp3) is 0.652. The van der Waals surface area contributed by atoms with Crippen molar-refractivity contribution < 1.29 is 24.3 Å². The second kappa shape index (κ2) is 15.4. The molecule has 0 aromatic carbocycles. The van der Waals surface area contributed by atoms with Crippen LogP contribution in [0, 0.1) is 11.8 Å². The zero-order chi connectivity index (χ0) is 28.1. The van der Waals surface area contributed by atoms with Crippen LogP contribution in [0.3, 0.4) is 0 Å². The van der Waals surface area contributed by atoms with Crippen molar-refractivity contribution in [3.8, 4) is 0 Å². The minimum atomic E-state index is -1.24. The minimum absolute atomic E-state index is 0.00351. The number of rotatable bonds is 16. The van der Waals surface area contributed by atoms with Crippen LogP contribution in [0.4, 0.5) is 0 Å². The van der Waals surface area contributed by atoms with E-state index in [4.69, 9.17) is 17.2 Å². The van der Waals surface area contributed by atoms with Gasteiger partial charge < -0.3 is 43.2 Å². The van der Waals surface area contributed by atoms with Crippen LogP contribution in [0.2, 0.25) is 0 Å². The number of imidazole rings is 1. The van der Waals surface area contributed by atoms with Crippen LogP contribution in [0.1, 0.15) is 52.7 Å². The first-order chi connectivity index (χ1) is 17.3. The van der Waals surface area contributed by atoms with E-state index in [1.807, 2.05) is 13.8 Å². The summed E-state index contributed by atoms with van der Waals surface area (Å²) in [6.07, 6.45) is 3.66. The van der Waals surface area contributed by atoms with Crippen LogP contribution in [0.25, 0.3) is 0 Å². The number of aliphatic imine (C=N–C) groups is 1. The third kappa shape index (κ3) is 11.7. The number of amides is 3. The van der Waals surface area contributed by atoms with E-state index in [2.05, 4.69) is 30.9 Å². The Morgan fingerprint density at radius 1 is 1.00 bits per heavy atom. The van der Waals surface area contributed by atoms with Crippen molar-refractivity contribution in [1.29, 1.82) is 0 Å². The highest BCUT2D eigenvalue weighted by molar-refractivity contribution is 5.94. The van der Waals surface area contributed by atoms with Gasteiger partial charge in [-0.2, -0.15) is 0 Å². The molecule has 208 valence electrons. The molecule has 0 fully saturated rings. The number of hydrogen-bond donors (Lipinski definition) is 8. The maximum Gasteiger partial charge on any atom is 0.326 e. The Hall–Kier alpha value is -3.68. The molecule has 0 radical (unpaired) electrons. The topological polar surface area (TPSA) is 244 Å². The van der Waals surface area contributed by atoms with Gasteiger partial charge in [0, 0.05) is 24.9 Å². The number of H-pyrrole nitrogens is 1. The molecule has 4 atom stereocenters. The molecule has 1 rings (SSSR count). The van der Waals surface area contributed by atoms with Gasteiger partial charge >= 0.3 is 5.97 Å². The third-order valence-corrected chi connectivity index (χ3v) is 5.53. The molecule has 3 amide bonds. The molecule has 1 aromatic heterocycles. The van der Waals surface area contributed by atoms with E-state index < -0.39 is 47.9 Å². The van der Waals surface area contributed by atoms with Gasteiger partial charge in [0.2, 0.25) is 17.7 Å². The summed E-state index contributed by atoms with van der Waals surface area (Å²) in [5.74, 6) is -3.25. The highest BCUT2D eigenvalue weighted by Gasteiger charge is 2.31. The quantitative estimate of drug-likeness (QED) is 0.0718. The molecule has 4 unspecified atom stereocenters. The summed E-state index contributed by atoms with van der Waals surface area (Å²) in [4.78, 5) is 61.1. The van der Waals surface area contributed by atoms with Gasteiger partial charge in [-0.15, -0.1) is 0 Å². The number of nitrogens with two attached hydrogens (primary N) is 3. The fourth-order valence-corrected chi connectivity index (χ4v) is 3.41. The van der Waals surface area contributed by atoms with Gasteiger partial charge in [0.1, 0.15) is 18.1 Å². The summed E-state index contributed by atoms with van der Waals surface area (Å²) in [5, 5.41) is 17.4. The van der Waals surface area contributed by atoms with Crippen LogP contribution < -0.4 is 33.2 Å². The number of nitrogens with zero attached hydrogens (tertiary/aromatic N) is 2. The van der Waals surface area contributed by atoms with E-state index in [0.29, 0.717) is 12.1 Å². The maximum absolute atomic E-state index is 13.2. The van der Waals surface area contributed by atoms with Crippen molar-refractivity contribution in [3.05, 3.63) is 18.2 Å². The summed E-state index contributed by atoms with van der Waals surface area (Å²) in [7, 11) is 0. The average molecular weight is 524 g/mol. The predicted molar refractivity (Wildman–Crippen MR) is 138 cm³/mol. The zero-order valence-corrected chi connectivity index (χ0v) is 21.9. The lowest BCUT2D eigenvalue weighted by molar-refractivity contribution is -0.142. The lowest BCUT2D eigenvalue weighted by atomic mass is 10.0. The minimum Gasteiger partial charge on any atom is -0.480 e. The highest BCUT2D eigenvalue weighted by atomic mass is 16.4. The number of aromatic amines is 1. The third-order valence-electron chi connectivity index (χ3n) is 5.53. The maximum atomic E-state index is 13.2. The molecule has 0 saturated carbocycles. The Kier molecular flexibility index (Phi) is 13.1. The SMILES string of the molecule is CC(C)CC(NC(=O)C(CCCN=C(N)N)NC(=O)C(N)C(C)C)C(=O)NC(Cc1cnc[nH]1)C(=O)O. The monoisotopic (exact) mass is 523 g/mol. The smallest absolute Gasteiger partial charge is 0.326 e. The van der Waals surface area contributed by atoms with Gasteiger partial charge in [-0.1, -0.05) is 27.7 Å². The molecule has 0 aliphatic rings. The molecular weight excluding hydrogens is 482 g/mol. The van der Waals surface area contributed by atoms with Gasteiger partial charge in [-0.05, 0) is 31.1 Å². The molecule has 1 aromatic rings. The van der Waals surface area contributed by atoms with E-state index in [0.717, 1.165) is 0 Å². The average Bonchev–Trinajstić information content (AvgIpc) is 3.31. The molecule has 14 nitrogen and oxygen atoms in total. The molecule has 0 aliphatic carbocycles. The summed E-state index contributed by atoms with van der Waals surface area (Å²) in [6, 6.07) is -4.11. The van der Waals surface area contributed by atoms with Gasteiger partial charge in [0.15, 0.2) is 5.96 Å². The van der Waals surface area contributed by atoms with Crippen molar-refractivity contribution >= 4 is 29.7 Å². The van der Waals surface area contributed by atoms with Crippen molar-refractivity contribution in [2.24, 2.45) is 34.0 Å². The number of guanidine groups is 1. The largest absolute Gasteiger partial charge is 0.480 e. The predicted octanol–water partition coefficient (Wildman–Crippen LogP) is -1.43. The van der Waals surface area contributed by atoms with Crippen LogP contribution in [-0.2, 0) is 25.6 Å². The first kappa shape index (κ1) is 31.4. The highest BCUT2D eigenvalue weighted by Crippen LogP contribution is 2.09. The fourth-order valence-electron chi connectivity index (χ4n) is 3.41. The summed E-state index contributed by atoms with van der Waals surface area (Å²) in [6.45, 7) is 7.53. The zero-order valence-electron chi connectivity index (χ0n) is 21.9. The summed E-state index contributed by atoms with van der Waals surface area (Å²) >= 11 is 0. The van der Waals surface area contributed by atoms with E-state index in [9.17, 15) is 24.3 Å². The number of carboxylic acid groups (broad SMARTS) is 1. The van der Waals surface area contributed by atoms with Crippen molar-refractivity contribution in [1.82, 2.24) is 25.9 Å². The van der Waals surface area contributed by atoms with Crippen molar-refractivity contribution in [2.45, 2.75) is 77.5 Å². The van der Waals surface area contributed by atoms with Gasteiger partial charge in [-0.25, -0.2) is 9.78 Å². The molecular formula is C23H41N9O5. The number of nitrogens with one attached hydrogen (secondary N) is 4. The summed E-state index contributed by atoms with van der Waals surface area (Å²) in [5.41, 5.74) is 17.1. The van der Waals surface area contributed by atoms with Crippen LogP contribution >= 0.6 is 0 Å².